The van der Waals surface area contributed by atoms with Gasteiger partial charge < -0.3 is 0 Å². The lowest BCUT2D eigenvalue weighted by molar-refractivity contribution is -0.0522. The van der Waals surface area contributed by atoms with Gasteiger partial charge in [0.15, 0.2) is 0 Å². The molecule has 0 N–H and O–H groups in total. The molecular weight excluding hydrogens is 1660 g/mol. The Kier molecular flexibility index (Phi) is 23.6. The number of allylic oxidation sites excluding steroid dienone is 14. The number of nitrogens with zero attached hydrogens (tertiary/aromatic N) is 1. The monoisotopic (exact) mass is 1860 g/mol. The molecule has 46 atom stereocenters. The highest BCUT2D eigenvalue weighted by molar-refractivity contribution is 5.57. The van der Waals surface area contributed by atoms with E-state index in [1.54, 1.807) is 308 Å². The topological polar surface area (TPSA) is 3.24 Å². The van der Waals surface area contributed by atoms with E-state index in [0.29, 0.717) is 21.7 Å². The lowest BCUT2D eigenvalue weighted by atomic mass is 9.51. The van der Waals surface area contributed by atoms with E-state index >= 15 is 0 Å². The maximum atomic E-state index is 3.61. The van der Waals surface area contributed by atoms with E-state index in [1.165, 1.54) is 96.3 Å². The molecule has 0 aromatic heterocycles. The molecule has 0 heterocycles. The predicted molar refractivity (Wildman–Crippen MR) is 570 cm³/mol. The van der Waals surface area contributed by atoms with E-state index in [0.717, 1.165) is 284 Å². The first-order valence-corrected chi connectivity index (χ1v) is 64.8. The van der Waals surface area contributed by atoms with Crippen molar-refractivity contribution in [1.82, 2.24) is 4.90 Å². The van der Waals surface area contributed by atoms with Crippen LogP contribution in [0.2, 0.25) is 0 Å². The van der Waals surface area contributed by atoms with Crippen LogP contribution in [0.1, 0.15) is 435 Å². The largest absolute Gasteiger partial charge is 0.294 e. The molecule has 30 rings (SSSR count). The molecule has 0 aliphatic heterocycles. The van der Waals surface area contributed by atoms with Crippen LogP contribution in [0.5, 0.6) is 0 Å². The zero-order valence-corrected chi connectivity index (χ0v) is 88.0. The Balaban J connectivity index is 0.419. The Morgan fingerprint density at radius 1 is 0.297 bits per heavy atom. The zero-order chi connectivity index (χ0) is 90.6. The quantitative estimate of drug-likeness (QED) is 0.189. The van der Waals surface area contributed by atoms with Gasteiger partial charge in [0.25, 0.3) is 0 Å². The molecule has 1 heteroatoms. The molecule has 1 aromatic carbocycles. The molecule has 29 aliphatic rings. The Hall–Kier alpha value is -2.64. The van der Waals surface area contributed by atoms with Crippen molar-refractivity contribution in [2.24, 2.45) is 277 Å². The van der Waals surface area contributed by atoms with Gasteiger partial charge in [0.1, 0.15) is 0 Å². The second-order valence-electron chi connectivity index (χ2n) is 59.5. The van der Waals surface area contributed by atoms with E-state index in [1.807, 2.05) is 16.7 Å². The highest BCUT2D eigenvalue weighted by Crippen LogP contribution is 2.83. The second-order valence-corrected chi connectivity index (χ2v) is 59.5. The van der Waals surface area contributed by atoms with E-state index in [2.05, 4.69) is 122 Å². The highest BCUT2D eigenvalue weighted by Gasteiger charge is 2.76. The Labute approximate surface area is 843 Å². The first-order valence-electron chi connectivity index (χ1n) is 64.8. The van der Waals surface area contributed by atoms with E-state index in [-0.39, 0.29) is 0 Å². The van der Waals surface area contributed by atoms with Crippen molar-refractivity contribution in [2.45, 2.75) is 448 Å². The van der Waals surface area contributed by atoms with E-state index < -0.39 is 0 Å². The maximum Gasteiger partial charge on any atom is 0.0235 e. The summed E-state index contributed by atoms with van der Waals surface area (Å²) in [6, 6.07) is 12.9. The van der Waals surface area contributed by atoms with Crippen molar-refractivity contribution >= 4 is 0 Å². The Bertz CT molecular complexity index is 4760. The molecular formula is C137H197N. The minimum absolute atomic E-state index is 0.314. The van der Waals surface area contributed by atoms with E-state index in [4.69, 9.17) is 0 Å². The van der Waals surface area contributed by atoms with Gasteiger partial charge >= 0.3 is 0 Å². The molecule has 46 unspecified atom stereocenters. The van der Waals surface area contributed by atoms with Gasteiger partial charge in [-0.15, -0.1) is 0 Å². The summed E-state index contributed by atoms with van der Waals surface area (Å²) in [5.74, 6) is 44.6. The van der Waals surface area contributed by atoms with Crippen molar-refractivity contribution in [2.75, 3.05) is 0 Å². The first-order chi connectivity index (χ1) is 68.3. The molecule has 4 spiro atoms. The van der Waals surface area contributed by atoms with Crippen molar-refractivity contribution in [3.8, 4) is 0 Å². The standard InChI is InChI=1S/C137H197N/c1-83-77-94-28-3-14-42-118(94)134(83)84(2)97(100-29-4-15-43-119(100)134)39-25-27-85-53-66-95(67-54-85)138(96-68-59-86(60-69-96)91-61-70-110-107-36-11-22-50-126(107)135(129(110)80-91)120-44-16-5-30-101(120)102-31-6-17-45-121(102)135)132-76-75-98(99-40-26-41-113(99)132)87-55-57-88(58-56-87)133-114-73-64-89(92-62-71-111-108-37-12-23-51-127(108)136(130(111)81-92)122-46-18-7-32-103(122)104-33-8-19-47-123(104)136)78-116(114)117-79-90(65-74-115(117)133)93-63-72-112-109-38-13-24-52-128(109)137(131(112)82-93)124-48-20-9-34-105(124)106-35-10-21-49-125(106)137/h3,5,7,9,11,14,16,18,20,22,28,30,32,42,44,46,50,83-100,102-119,121-125,127-133H,4,6,8,10,12-13,15,17,19,21,23-27,29,31,33-41,43,45,47-49,51-82H2,1-2H3. The number of hydrogen-bond acceptors (Lipinski definition) is 1. The molecule has 24 fully saturated rings. The van der Waals surface area contributed by atoms with Gasteiger partial charge in [0, 0.05) is 23.5 Å². The Morgan fingerprint density at radius 2 is 0.804 bits per heavy atom. The van der Waals surface area contributed by atoms with Crippen LogP contribution in [0.25, 0.3) is 0 Å². The molecule has 0 bridgehead atoms. The number of rotatable bonds is 12. The van der Waals surface area contributed by atoms with Crippen molar-refractivity contribution < 1.29 is 0 Å². The maximum absolute atomic E-state index is 3.61. The van der Waals surface area contributed by atoms with E-state index in [9.17, 15) is 0 Å². The van der Waals surface area contributed by atoms with Gasteiger partial charge in [-0.05, 0) is 602 Å². The lowest BCUT2D eigenvalue weighted by Crippen LogP contribution is -2.57. The van der Waals surface area contributed by atoms with Gasteiger partial charge in [-0.3, -0.25) is 4.90 Å². The third kappa shape index (κ3) is 13.3. The molecule has 0 radical (unpaired) electrons. The average Bonchev–Trinajstić information content (AvgIpc) is 1.52. The van der Waals surface area contributed by atoms with Crippen LogP contribution < -0.4 is 0 Å². The second kappa shape index (κ2) is 36.1. The van der Waals surface area contributed by atoms with Crippen LogP contribution in [0.4, 0.5) is 0 Å². The highest BCUT2D eigenvalue weighted by atomic mass is 15.2. The van der Waals surface area contributed by atoms with Gasteiger partial charge in [0.2, 0.25) is 0 Å². The smallest absolute Gasteiger partial charge is 0.0235 e. The minimum Gasteiger partial charge on any atom is -0.294 e. The van der Waals surface area contributed by atoms with Gasteiger partial charge in [0.05, 0.1) is 0 Å². The molecule has 138 heavy (non-hydrogen) atoms. The summed E-state index contributed by atoms with van der Waals surface area (Å²) in [4.78, 5) is 3.61. The van der Waals surface area contributed by atoms with Gasteiger partial charge in [-0.1, -0.05) is 219 Å². The summed E-state index contributed by atoms with van der Waals surface area (Å²) >= 11 is 0. The summed E-state index contributed by atoms with van der Waals surface area (Å²) < 4.78 is 0. The summed E-state index contributed by atoms with van der Waals surface area (Å²) in [5, 5.41) is 0. The normalized spacial score (nSPS) is 56.3. The third-order valence-corrected chi connectivity index (χ3v) is 57.6. The van der Waals surface area contributed by atoms with Gasteiger partial charge in [-0.25, -0.2) is 0 Å². The Morgan fingerprint density at radius 3 is 1.51 bits per heavy atom. The van der Waals surface area contributed by atoms with Crippen LogP contribution in [-0.4, -0.2) is 23.0 Å². The average molecular weight is 1860 g/mol. The number of fused-ring (bicyclic) bond motifs is 38. The molecule has 750 valence electrons. The summed E-state index contributed by atoms with van der Waals surface area (Å²) in [5.41, 5.74) is 7.82. The predicted octanol–water partition coefficient (Wildman–Crippen LogP) is 35.8. The van der Waals surface area contributed by atoms with Crippen molar-refractivity contribution in [3.63, 3.8) is 0 Å². The molecule has 29 aliphatic carbocycles. The molecule has 24 saturated carbocycles. The van der Waals surface area contributed by atoms with Crippen LogP contribution in [0.3, 0.4) is 0 Å². The fraction of sp³-hybridized carbons (Fsp3) is 0.854. The van der Waals surface area contributed by atoms with Crippen LogP contribution in [0.15, 0.2) is 109 Å². The lowest BCUT2D eigenvalue weighted by Gasteiger charge is -2.55. The first kappa shape index (κ1) is 90.5. The minimum atomic E-state index is 0.314. The van der Waals surface area contributed by atoms with Crippen molar-refractivity contribution in [3.05, 3.63) is 120 Å². The van der Waals surface area contributed by atoms with Gasteiger partial charge in [-0.2, -0.15) is 0 Å². The third-order valence-electron chi connectivity index (χ3n) is 57.6. The summed E-state index contributed by atoms with van der Waals surface area (Å²) in [6.07, 6.45) is 134. The van der Waals surface area contributed by atoms with Crippen LogP contribution >= 0.6 is 0 Å². The molecule has 0 amide bonds. The zero-order valence-electron chi connectivity index (χ0n) is 88.0. The molecule has 1 aromatic rings. The number of benzene rings is 1. The van der Waals surface area contributed by atoms with Crippen LogP contribution in [0, 0.1) is 277 Å². The number of hydrogen-bond donors (Lipinski definition) is 0. The molecule has 1 nitrogen and oxygen atoms in total. The fourth-order valence-corrected chi connectivity index (χ4v) is 54.6. The van der Waals surface area contributed by atoms with Crippen LogP contribution in [-0.2, 0) is 5.41 Å². The SMILES string of the molecule is CC1CC2C=CC=CC2C12C(C)C(CCCC1CCC(N(C3CCC(C4CCC5C6CC=CC=C6C6(c7ccccc7C7CCCCC76)C5C4)CC3)C3CCC(C4CCC(C5C6CCC(C7CCC8C9CCCCC9C9(C%10C=CC=CC%10C%10CCCCC%109)C8C7)CC6C6CC(C7CCC8C9CCCCC9C9(C%10CC=CCC%10C%10CCCCC%109)C8C7)CCC65)CC4)C4CCCC43)CC1)C1CCCCC12. The fourth-order valence-electron chi connectivity index (χ4n) is 54.6. The van der Waals surface area contributed by atoms with Crippen molar-refractivity contribution in [1.29, 1.82) is 0 Å². The molecule has 0 saturated heterocycles. The summed E-state index contributed by atoms with van der Waals surface area (Å²) in [7, 11) is 0. The summed E-state index contributed by atoms with van der Waals surface area (Å²) in [6.45, 7) is 5.60.